The van der Waals surface area contributed by atoms with Gasteiger partial charge < -0.3 is 28.4 Å². The van der Waals surface area contributed by atoms with Crippen LogP contribution in [0.25, 0.3) is 0 Å². The summed E-state index contributed by atoms with van der Waals surface area (Å²) in [5.74, 6) is -0.406. The molecule has 7 nitrogen and oxygen atoms in total. The quantitative estimate of drug-likeness (QED) is 0.163. The van der Waals surface area contributed by atoms with E-state index in [1.807, 2.05) is 121 Å². The van der Waals surface area contributed by atoms with Crippen molar-refractivity contribution in [2.45, 2.75) is 64.1 Å². The van der Waals surface area contributed by atoms with Crippen molar-refractivity contribution in [3.63, 3.8) is 0 Å². The Hall–Kier alpha value is -3.85. The summed E-state index contributed by atoms with van der Waals surface area (Å²) >= 11 is 0. The van der Waals surface area contributed by atoms with Crippen LogP contribution < -0.4 is 0 Å². The second-order valence-electron chi connectivity index (χ2n) is 10.4. The van der Waals surface area contributed by atoms with E-state index in [1.165, 1.54) is 6.92 Å². The number of hydrogen-bond donors (Lipinski definition) is 0. The second kappa shape index (κ2) is 16.1. The van der Waals surface area contributed by atoms with Crippen molar-refractivity contribution < 1.29 is 33.2 Å². The van der Waals surface area contributed by atoms with Gasteiger partial charge in [-0.1, -0.05) is 121 Å². The molecule has 43 heavy (non-hydrogen) atoms. The molecule has 224 valence electrons. The van der Waals surface area contributed by atoms with Crippen LogP contribution in [0, 0.1) is 0 Å². The Labute approximate surface area is 253 Å². The molecule has 1 aliphatic rings. The number of ether oxygens (including phenoxy) is 6. The third-order valence-electron chi connectivity index (χ3n) is 7.15. The van der Waals surface area contributed by atoms with Gasteiger partial charge in [-0.25, -0.2) is 0 Å². The van der Waals surface area contributed by atoms with Crippen LogP contribution >= 0.6 is 0 Å². The fourth-order valence-electron chi connectivity index (χ4n) is 4.97. The molecule has 0 radical (unpaired) electrons. The monoisotopic (exact) mass is 582 g/mol. The minimum atomic E-state index is -0.818. The molecule has 4 aromatic rings. The maximum absolute atomic E-state index is 11.9. The third kappa shape index (κ3) is 9.32. The molecule has 5 atom stereocenters. The Kier molecular flexibility index (Phi) is 11.5. The molecule has 1 heterocycles. The first-order valence-electron chi connectivity index (χ1n) is 14.6. The maximum Gasteiger partial charge on any atom is 0.302 e. The lowest BCUT2D eigenvalue weighted by molar-refractivity contribution is -0.329. The molecular weight excluding hydrogens is 544 g/mol. The zero-order valence-electron chi connectivity index (χ0n) is 24.3. The predicted molar refractivity (Wildman–Crippen MR) is 162 cm³/mol. The van der Waals surface area contributed by atoms with E-state index in [4.69, 9.17) is 28.4 Å². The van der Waals surface area contributed by atoms with Gasteiger partial charge in [0.1, 0.15) is 31.0 Å². The summed E-state index contributed by atoms with van der Waals surface area (Å²) in [7, 11) is 0. The first kappa shape index (κ1) is 30.6. The molecule has 7 heteroatoms. The fourth-order valence-corrected chi connectivity index (χ4v) is 4.97. The number of carbonyl (C=O) groups excluding carboxylic acids is 1. The summed E-state index contributed by atoms with van der Waals surface area (Å²) in [6.45, 7) is 2.63. The molecule has 0 aromatic heterocycles. The number of hydrogen-bond acceptors (Lipinski definition) is 7. The van der Waals surface area contributed by atoms with Gasteiger partial charge in [0.05, 0.1) is 26.4 Å². The summed E-state index contributed by atoms with van der Waals surface area (Å²) in [6.07, 6.45) is -3.36. The van der Waals surface area contributed by atoms with E-state index in [0.29, 0.717) is 26.4 Å². The van der Waals surface area contributed by atoms with Gasteiger partial charge >= 0.3 is 5.97 Å². The lowest BCUT2D eigenvalue weighted by Crippen LogP contribution is -2.61. The molecule has 0 saturated carbocycles. The maximum atomic E-state index is 11.9. The molecule has 0 spiro atoms. The van der Waals surface area contributed by atoms with E-state index in [1.54, 1.807) is 0 Å². The van der Waals surface area contributed by atoms with E-state index < -0.39 is 36.7 Å². The van der Waals surface area contributed by atoms with Crippen molar-refractivity contribution in [3.8, 4) is 0 Å². The Morgan fingerprint density at radius 2 is 0.907 bits per heavy atom. The Balaban J connectivity index is 1.45. The molecule has 0 bridgehead atoms. The number of benzene rings is 4. The van der Waals surface area contributed by atoms with Gasteiger partial charge in [-0.3, -0.25) is 4.79 Å². The van der Waals surface area contributed by atoms with E-state index in [0.717, 1.165) is 22.3 Å². The number of esters is 1. The lowest BCUT2D eigenvalue weighted by atomic mass is 9.97. The SMILES string of the molecule is CC(=O)OC[C@H]1OC(OCc2ccccc2)[C@H](OCc2ccccc2)[C@@H](OCc2ccccc2)[C@@H]1OCc1ccccc1. The van der Waals surface area contributed by atoms with Gasteiger partial charge in [0.15, 0.2) is 6.29 Å². The van der Waals surface area contributed by atoms with Crippen LogP contribution in [0.3, 0.4) is 0 Å². The lowest BCUT2D eigenvalue weighted by Gasteiger charge is -2.45. The number of carbonyl (C=O) groups is 1. The highest BCUT2D eigenvalue weighted by Crippen LogP contribution is 2.32. The molecule has 1 saturated heterocycles. The summed E-state index contributed by atoms with van der Waals surface area (Å²) in [5, 5.41) is 0. The molecular formula is C36H38O7. The van der Waals surface area contributed by atoms with Crippen LogP contribution in [0.15, 0.2) is 121 Å². The fraction of sp³-hybridized carbons (Fsp3) is 0.306. The van der Waals surface area contributed by atoms with E-state index >= 15 is 0 Å². The van der Waals surface area contributed by atoms with Crippen LogP contribution in [0.4, 0.5) is 0 Å². The van der Waals surface area contributed by atoms with Gasteiger partial charge in [0.2, 0.25) is 0 Å². The molecule has 5 rings (SSSR count). The van der Waals surface area contributed by atoms with Gasteiger partial charge in [0.25, 0.3) is 0 Å². The van der Waals surface area contributed by atoms with Crippen molar-refractivity contribution in [2.75, 3.05) is 6.61 Å². The van der Waals surface area contributed by atoms with Crippen LogP contribution in [0.5, 0.6) is 0 Å². The molecule has 0 amide bonds. The predicted octanol–water partition coefficient (Wildman–Crippen LogP) is 6.25. The van der Waals surface area contributed by atoms with Gasteiger partial charge in [-0.05, 0) is 22.3 Å². The van der Waals surface area contributed by atoms with E-state index in [2.05, 4.69) is 0 Å². The van der Waals surface area contributed by atoms with E-state index in [-0.39, 0.29) is 6.61 Å². The minimum Gasteiger partial charge on any atom is -0.463 e. The molecule has 1 unspecified atom stereocenters. The van der Waals surface area contributed by atoms with Crippen molar-refractivity contribution in [3.05, 3.63) is 144 Å². The molecule has 1 fully saturated rings. The average molecular weight is 583 g/mol. The van der Waals surface area contributed by atoms with Crippen molar-refractivity contribution in [1.29, 1.82) is 0 Å². The van der Waals surface area contributed by atoms with Gasteiger partial charge in [-0.2, -0.15) is 0 Å². The summed E-state index contributed by atoms with van der Waals surface area (Å²) < 4.78 is 38.1. The van der Waals surface area contributed by atoms with Crippen LogP contribution in [-0.4, -0.2) is 43.3 Å². The largest absolute Gasteiger partial charge is 0.463 e. The van der Waals surface area contributed by atoms with E-state index in [9.17, 15) is 4.79 Å². The average Bonchev–Trinajstić information content (AvgIpc) is 3.05. The summed E-state index contributed by atoms with van der Waals surface area (Å²) in [6, 6.07) is 39.7. The van der Waals surface area contributed by atoms with Crippen molar-refractivity contribution in [2.24, 2.45) is 0 Å². The smallest absolute Gasteiger partial charge is 0.302 e. The number of rotatable bonds is 14. The summed E-state index contributed by atoms with van der Waals surface area (Å²) in [4.78, 5) is 11.9. The van der Waals surface area contributed by atoms with Crippen LogP contribution in [-0.2, 0) is 59.6 Å². The Morgan fingerprint density at radius 3 is 1.33 bits per heavy atom. The highest BCUT2D eigenvalue weighted by Gasteiger charge is 2.49. The second-order valence-corrected chi connectivity index (χ2v) is 10.4. The molecule has 1 aliphatic heterocycles. The first-order valence-corrected chi connectivity index (χ1v) is 14.6. The van der Waals surface area contributed by atoms with Crippen LogP contribution in [0.1, 0.15) is 29.2 Å². The minimum absolute atomic E-state index is 0.0173. The van der Waals surface area contributed by atoms with Gasteiger partial charge in [0, 0.05) is 6.92 Å². The molecule has 4 aromatic carbocycles. The first-order chi connectivity index (χ1) is 21.2. The Morgan fingerprint density at radius 1 is 0.535 bits per heavy atom. The topological polar surface area (TPSA) is 72.5 Å². The van der Waals surface area contributed by atoms with Crippen LogP contribution in [0.2, 0.25) is 0 Å². The third-order valence-corrected chi connectivity index (χ3v) is 7.15. The van der Waals surface area contributed by atoms with Crippen molar-refractivity contribution in [1.82, 2.24) is 0 Å². The standard InChI is InChI=1S/C36H38O7/c1-27(37)38-26-32-33(39-22-28-14-6-2-7-15-28)34(40-23-29-16-8-3-9-17-29)35(41-24-30-18-10-4-11-19-30)36(43-32)42-25-31-20-12-5-13-21-31/h2-21,32-36H,22-26H2,1H3/t32-,33-,34+,35-,36?/m1/s1. The highest BCUT2D eigenvalue weighted by atomic mass is 16.7. The zero-order chi connectivity index (χ0) is 29.7. The van der Waals surface area contributed by atoms with Crippen molar-refractivity contribution >= 4 is 5.97 Å². The van der Waals surface area contributed by atoms with Gasteiger partial charge in [-0.15, -0.1) is 0 Å². The highest BCUT2D eigenvalue weighted by molar-refractivity contribution is 5.65. The Bertz CT molecular complexity index is 1350. The molecule has 0 N–H and O–H groups in total. The zero-order valence-corrected chi connectivity index (χ0v) is 24.3. The molecule has 0 aliphatic carbocycles. The summed E-state index contributed by atoms with van der Waals surface area (Å²) in [5.41, 5.74) is 4.01. The normalized spacial score (nSPS) is 21.7.